The van der Waals surface area contributed by atoms with E-state index in [2.05, 4.69) is 5.32 Å². The van der Waals surface area contributed by atoms with Crippen molar-refractivity contribution < 1.29 is 13.2 Å². The van der Waals surface area contributed by atoms with Crippen LogP contribution in [0.15, 0.2) is 23.1 Å². The number of carbonyl (C=O) groups is 1. The number of hydrogen-bond acceptors (Lipinski definition) is 4. The molecule has 0 bridgehead atoms. The molecular formula is C13H18N2O3S. The van der Waals surface area contributed by atoms with E-state index in [1.807, 2.05) is 6.92 Å². The second-order valence-corrected chi connectivity index (χ2v) is 6.85. The van der Waals surface area contributed by atoms with Gasteiger partial charge in [0.05, 0.1) is 11.4 Å². The molecule has 0 aromatic heterocycles. The zero-order valence-electron chi connectivity index (χ0n) is 11.1. The van der Waals surface area contributed by atoms with Gasteiger partial charge in [-0.1, -0.05) is 0 Å². The summed E-state index contributed by atoms with van der Waals surface area (Å²) in [6.07, 6.45) is 2.26. The summed E-state index contributed by atoms with van der Waals surface area (Å²) in [4.78, 5) is 13.8. The van der Waals surface area contributed by atoms with Gasteiger partial charge in [0, 0.05) is 25.0 Å². The summed E-state index contributed by atoms with van der Waals surface area (Å²) in [5, 5.41) is 3.05. The number of aryl methyl sites for hydroxylation is 1. The average Bonchev–Trinajstić information content (AvgIpc) is 2.23. The third kappa shape index (κ3) is 3.26. The van der Waals surface area contributed by atoms with Crippen LogP contribution in [0.25, 0.3) is 0 Å². The Labute approximate surface area is 113 Å². The average molecular weight is 282 g/mol. The van der Waals surface area contributed by atoms with Gasteiger partial charge in [0.25, 0.3) is 0 Å². The van der Waals surface area contributed by atoms with Gasteiger partial charge in [-0.15, -0.1) is 0 Å². The molecule has 1 aromatic carbocycles. The maximum atomic E-state index is 11.7. The lowest BCUT2D eigenvalue weighted by molar-refractivity contribution is -0.132. The molecule has 1 aromatic rings. The van der Waals surface area contributed by atoms with Gasteiger partial charge in [-0.2, -0.15) is 0 Å². The Bertz CT molecular complexity index is 592. The molecule has 0 radical (unpaired) electrons. The summed E-state index contributed by atoms with van der Waals surface area (Å²) in [6, 6.07) is 4.87. The van der Waals surface area contributed by atoms with Crippen LogP contribution >= 0.6 is 0 Å². The third-order valence-corrected chi connectivity index (χ3v) is 4.38. The number of rotatable bonds is 4. The molecule has 0 aliphatic carbocycles. The van der Waals surface area contributed by atoms with Gasteiger partial charge in [0.15, 0.2) is 9.84 Å². The van der Waals surface area contributed by atoms with E-state index in [1.165, 1.54) is 6.26 Å². The molecule has 1 aliphatic heterocycles. The molecule has 19 heavy (non-hydrogen) atoms. The molecule has 0 saturated carbocycles. The lowest BCUT2D eigenvalue weighted by atomic mass is 10.2. The zero-order chi connectivity index (χ0) is 14.0. The standard InChI is InChI=1S/C13H18N2O3S/c1-10-8-11(19(2,17)18)4-5-12(10)14-9-13(16)15-6-3-7-15/h4-5,8,14H,3,6-7,9H2,1-2H3. The minimum atomic E-state index is -3.18. The quantitative estimate of drug-likeness (QED) is 0.896. The van der Waals surface area contributed by atoms with E-state index in [1.54, 1.807) is 23.1 Å². The van der Waals surface area contributed by atoms with E-state index in [0.29, 0.717) is 4.90 Å². The van der Waals surface area contributed by atoms with E-state index in [4.69, 9.17) is 0 Å². The number of anilines is 1. The summed E-state index contributed by atoms with van der Waals surface area (Å²) in [7, 11) is -3.18. The van der Waals surface area contributed by atoms with Crippen LogP contribution in [0.4, 0.5) is 5.69 Å². The fourth-order valence-electron chi connectivity index (χ4n) is 1.91. The lowest BCUT2D eigenvalue weighted by Gasteiger charge is -2.31. The maximum absolute atomic E-state index is 11.7. The lowest BCUT2D eigenvalue weighted by Crippen LogP contribution is -2.44. The first kappa shape index (κ1) is 13.9. The van der Waals surface area contributed by atoms with Crippen molar-refractivity contribution in [1.82, 2.24) is 4.90 Å². The van der Waals surface area contributed by atoms with Crippen LogP contribution in [0, 0.1) is 6.92 Å². The number of benzene rings is 1. The third-order valence-electron chi connectivity index (χ3n) is 3.26. The van der Waals surface area contributed by atoms with Crippen LogP contribution in [-0.4, -0.2) is 45.1 Å². The summed E-state index contributed by atoms with van der Waals surface area (Å²) in [5.41, 5.74) is 1.61. The zero-order valence-corrected chi connectivity index (χ0v) is 12.0. The maximum Gasteiger partial charge on any atom is 0.241 e. The van der Waals surface area contributed by atoms with E-state index in [9.17, 15) is 13.2 Å². The second kappa shape index (κ2) is 5.21. The number of hydrogen-bond donors (Lipinski definition) is 1. The van der Waals surface area contributed by atoms with Crippen LogP contribution in [0.1, 0.15) is 12.0 Å². The number of likely N-dealkylation sites (tertiary alicyclic amines) is 1. The van der Waals surface area contributed by atoms with Crippen molar-refractivity contribution in [1.29, 1.82) is 0 Å². The first-order valence-corrected chi connectivity index (χ1v) is 8.09. The number of nitrogens with zero attached hydrogens (tertiary/aromatic N) is 1. The topological polar surface area (TPSA) is 66.5 Å². The minimum Gasteiger partial charge on any atom is -0.376 e. The molecule has 1 saturated heterocycles. The van der Waals surface area contributed by atoms with Crippen molar-refractivity contribution in [3.05, 3.63) is 23.8 Å². The van der Waals surface area contributed by atoms with Crippen LogP contribution in [0.3, 0.4) is 0 Å². The summed E-state index contributed by atoms with van der Waals surface area (Å²) in [5.74, 6) is 0.0813. The van der Waals surface area contributed by atoms with Crippen molar-refractivity contribution in [2.75, 3.05) is 31.2 Å². The molecule has 2 rings (SSSR count). The van der Waals surface area contributed by atoms with Gasteiger partial charge in [-0.3, -0.25) is 4.79 Å². The predicted octanol–water partition coefficient (Wildman–Crippen LogP) is 1.04. The number of carbonyl (C=O) groups excluding carboxylic acids is 1. The smallest absolute Gasteiger partial charge is 0.241 e. The van der Waals surface area contributed by atoms with Gasteiger partial charge < -0.3 is 10.2 Å². The van der Waals surface area contributed by atoms with Crippen molar-refractivity contribution in [3.63, 3.8) is 0 Å². The van der Waals surface area contributed by atoms with Gasteiger partial charge in [0.1, 0.15) is 0 Å². The summed E-state index contributed by atoms with van der Waals surface area (Å²) in [6.45, 7) is 3.75. The number of amides is 1. The Morgan fingerprint density at radius 1 is 1.37 bits per heavy atom. The van der Waals surface area contributed by atoms with E-state index in [0.717, 1.165) is 30.8 Å². The van der Waals surface area contributed by atoms with Crippen molar-refractivity contribution in [2.45, 2.75) is 18.2 Å². The normalized spacial score (nSPS) is 14.9. The van der Waals surface area contributed by atoms with Crippen molar-refractivity contribution in [2.24, 2.45) is 0 Å². The highest BCUT2D eigenvalue weighted by molar-refractivity contribution is 7.90. The van der Waals surface area contributed by atoms with E-state index >= 15 is 0 Å². The Hall–Kier alpha value is -1.56. The van der Waals surface area contributed by atoms with Crippen LogP contribution in [0.2, 0.25) is 0 Å². The molecule has 1 fully saturated rings. The largest absolute Gasteiger partial charge is 0.376 e. The van der Waals surface area contributed by atoms with E-state index < -0.39 is 9.84 Å². The van der Waals surface area contributed by atoms with Gasteiger partial charge >= 0.3 is 0 Å². The molecular weight excluding hydrogens is 264 g/mol. The Morgan fingerprint density at radius 3 is 2.53 bits per heavy atom. The van der Waals surface area contributed by atoms with Gasteiger partial charge in [-0.05, 0) is 37.1 Å². The highest BCUT2D eigenvalue weighted by Gasteiger charge is 2.19. The molecule has 104 valence electrons. The molecule has 0 spiro atoms. The molecule has 1 amide bonds. The Kier molecular flexibility index (Phi) is 3.80. The fraction of sp³-hybridized carbons (Fsp3) is 0.462. The first-order chi connectivity index (χ1) is 8.88. The monoisotopic (exact) mass is 282 g/mol. The highest BCUT2D eigenvalue weighted by atomic mass is 32.2. The molecule has 5 nitrogen and oxygen atoms in total. The number of nitrogens with one attached hydrogen (secondary N) is 1. The SMILES string of the molecule is Cc1cc(S(C)(=O)=O)ccc1NCC(=O)N1CCC1. The van der Waals surface area contributed by atoms with Gasteiger partial charge in [0.2, 0.25) is 5.91 Å². The first-order valence-electron chi connectivity index (χ1n) is 6.20. The highest BCUT2D eigenvalue weighted by Crippen LogP contribution is 2.19. The molecule has 1 heterocycles. The molecule has 1 aliphatic rings. The van der Waals surface area contributed by atoms with Crippen LogP contribution in [0.5, 0.6) is 0 Å². The summed E-state index contributed by atoms with van der Waals surface area (Å²) < 4.78 is 22.8. The fourth-order valence-corrected chi connectivity index (χ4v) is 2.62. The molecule has 6 heteroatoms. The Balaban J connectivity index is 2.03. The predicted molar refractivity (Wildman–Crippen MR) is 74.0 cm³/mol. The van der Waals surface area contributed by atoms with Crippen LogP contribution < -0.4 is 5.32 Å². The van der Waals surface area contributed by atoms with Gasteiger partial charge in [-0.25, -0.2) is 8.42 Å². The number of sulfone groups is 1. The van der Waals surface area contributed by atoms with E-state index in [-0.39, 0.29) is 12.5 Å². The van der Waals surface area contributed by atoms with Crippen LogP contribution in [-0.2, 0) is 14.6 Å². The Morgan fingerprint density at radius 2 is 2.05 bits per heavy atom. The molecule has 0 atom stereocenters. The second-order valence-electron chi connectivity index (χ2n) is 4.84. The summed E-state index contributed by atoms with van der Waals surface area (Å²) >= 11 is 0. The molecule has 1 N–H and O–H groups in total. The van der Waals surface area contributed by atoms with Crippen molar-refractivity contribution in [3.8, 4) is 0 Å². The van der Waals surface area contributed by atoms with Crippen molar-refractivity contribution >= 4 is 21.4 Å². The minimum absolute atomic E-state index is 0.0813. The molecule has 0 unspecified atom stereocenters.